The van der Waals surface area contributed by atoms with Gasteiger partial charge >= 0.3 is 11.3 Å². The van der Waals surface area contributed by atoms with Gasteiger partial charge in [-0.3, -0.25) is 37.8 Å². The van der Waals surface area contributed by atoms with Crippen molar-refractivity contribution in [3.63, 3.8) is 0 Å². The highest BCUT2D eigenvalue weighted by atomic mass is 31.2. The largest absolute Gasteiger partial charge is 0.790 e. The number of anilines is 2. The zero-order chi connectivity index (χ0) is 43.4. The number of nitrogens with zero attached hydrogens (tertiary/aromatic N) is 6. The van der Waals surface area contributed by atoms with Crippen LogP contribution in [-0.4, -0.2) is 121 Å². The molecule has 0 radical (unpaired) electrons. The van der Waals surface area contributed by atoms with E-state index in [9.17, 15) is 58.2 Å². The second kappa shape index (κ2) is 17.0. The van der Waals surface area contributed by atoms with Crippen molar-refractivity contribution in [2.45, 2.75) is 55.2 Å². The number of nitrogen functional groups attached to an aromatic ring is 2. The molecule has 0 aromatic carbocycles. The van der Waals surface area contributed by atoms with Gasteiger partial charge in [-0.2, -0.15) is 0 Å². The number of phosphoric ester groups is 3. The first kappa shape index (κ1) is 44.9. The summed E-state index contributed by atoms with van der Waals surface area (Å²) in [6.45, 7) is -4.69. The van der Waals surface area contributed by atoms with Gasteiger partial charge < -0.3 is 87.8 Å². The quantitative estimate of drug-likeness (QED) is 0.0382. The number of aliphatic hydroxyl groups is 3. The summed E-state index contributed by atoms with van der Waals surface area (Å²) >= 11 is 0. The highest BCUT2D eigenvalue weighted by molar-refractivity contribution is 7.46. The molecule has 6 rings (SSSR count). The molecule has 2 saturated heterocycles. The molecule has 33 heteroatoms. The Bertz CT molecular complexity index is 2460. The van der Waals surface area contributed by atoms with Crippen molar-refractivity contribution in [1.29, 1.82) is 0 Å². The van der Waals surface area contributed by atoms with E-state index in [0.717, 1.165) is 4.57 Å². The van der Waals surface area contributed by atoms with Crippen LogP contribution >= 0.6 is 23.5 Å². The number of phosphoric acid groups is 3. The van der Waals surface area contributed by atoms with Crippen LogP contribution in [0.1, 0.15) is 12.5 Å². The Hall–Kier alpha value is -3.61. The number of fused-ring (bicyclic) bond motifs is 2. The Morgan fingerprint density at radius 3 is 1.68 bits per heavy atom. The predicted octanol–water partition coefficient (Wildman–Crippen LogP) is -7.61. The summed E-state index contributed by atoms with van der Waals surface area (Å²) in [5, 5.41) is 32.1. The number of ether oxygens (including phenoxy) is 3. The number of nitrogens with two attached hydrogens (primary N) is 2. The molecule has 2 aliphatic heterocycles. The van der Waals surface area contributed by atoms with E-state index in [4.69, 9.17) is 34.7 Å². The van der Waals surface area contributed by atoms with Crippen molar-refractivity contribution < 1.29 is 94.6 Å². The molecule has 4 aromatic rings. The summed E-state index contributed by atoms with van der Waals surface area (Å²) in [5.41, 5.74) is 10.1. The first-order chi connectivity index (χ1) is 27.5. The fourth-order valence-electron chi connectivity index (χ4n) is 6.39. The lowest BCUT2D eigenvalue weighted by Gasteiger charge is -2.35. The van der Waals surface area contributed by atoms with Gasteiger partial charge in [0.2, 0.25) is 23.5 Å². The average Bonchev–Trinajstić information content (AvgIpc) is 3.83. The Kier molecular flexibility index (Phi) is 13.0. The number of rotatable bonds is 17. The van der Waals surface area contributed by atoms with Crippen molar-refractivity contribution in [1.82, 2.24) is 29.1 Å². The van der Waals surface area contributed by atoms with Gasteiger partial charge in [-0.1, -0.05) is 9.97 Å². The Morgan fingerprint density at radius 2 is 1.22 bits per heavy atom. The second-order valence-corrected chi connectivity index (χ2v) is 17.0. The molecule has 0 bridgehead atoms. The summed E-state index contributed by atoms with van der Waals surface area (Å²) in [6.07, 6.45) is -11.5. The van der Waals surface area contributed by atoms with Crippen LogP contribution < -0.4 is 51.3 Å². The number of methoxy groups -OCH3 is 1. The van der Waals surface area contributed by atoms with Crippen LogP contribution in [0.15, 0.2) is 22.2 Å². The Morgan fingerprint density at radius 1 is 0.780 bits per heavy atom. The third-order valence-corrected chi connectivity index (χ3v) is 11.4. The maximum absolute atomic E-state index is 12.7. The molecule has 0 saturated carbocycles. The highest BCUT2D eigenvalue weighted by Gasteiger charge is 2.49. The van der Waals surface area contributed by atoms with Gasteiger partial charge in [-0.05, 0) is 0 Å². The number of aryl methyl sites for hydroxylation is 2. The molecular formula is C26H37N10O20P3-2. The minimum atomic E-state index is -5.95. The second-order valence-electron chi connectivity index (χ2n) is 13.1. The summed E-state index contributed by atoms with van der Waals surface area (Å²) in [5.74, 6) is -0.516. The first-order valence-corrected chi connectivity index (χ1v) is 21.2. The third-order valence-electron chi connectivity index (χ3n) is 8.96. The zero-order valence-electron chi connectivity index (χ0n) is 30.6. The maximum Gasteiger partial charge on any atom is 0.313 e. The number of H-pyrrole nitrogens is 2. The average molecular weight is 903 g/mol. The molecule has 4 aromatic heterocycles. The van der Waals surface area contributed by atoms with Gasteiger partial charge in [0.25, 0.3) is 38.7 Å². The van der Waals surface area contributed by atoms with Gasteiger partial charge in [0, 0.05) is 7.11 Å². The predicted molar refractivity (Wildman–Crippen MR) is 180 cm³/mol. The highest BCUT2D eigenvalue weighted by Crippen LogP contribution is 2.43. The molecule has 9 N–H and O–H groups in total. The van der Waals surface area contributed by atoms with Crippen LogP contribution in [0.2, 0.25) is 0 Å². The Balaban J connectivity index is 1.04. The van der Waals surface area contributed by atoms with E-state index >= 15 is 0 Å². The molecule has 59 heavy (non-hydrogen) atoms. The van der Waals surface area contributed by atoms with Crippen molar-refractivity contribution in [3.8, 4) is 0 Å². The molecule has 328 valence electrons. The lowest BCUT2D eigenvalue weighted by molar-refractivity contribution is -0.746. The van der Waals surface area contributed by atoms with Crippen molar-refractivity contribution in [3.05, 3.63) is 33.4 Å². The summed E-state index contributed by atoms with van der Waals surface area (Å²) in [7, 11) is -12.8. The number of aliphatic hydroxyl groups excluding tert-OH is 3. The van der Waals surface area contributed by atoms with Gasteiger partial charge in [0.05, 0.1) is 48.3 Å². The van der Waals surface area contributed by atoms with Gasteiger partial charge in [-0.25, -0.2) is 9.13 Å². The van der Waals surface area contributed by atoms with Crippen LogP contribution in [0.25, 0.3) is 22.3 Å². The Labute approximate surface area is 328 Å². The van der Waals surface area contributed by atoms with Crippen molar-refractivity contribution in [2.75, 3.05) is 45.0 Å². The van der Waals surface area contributed by atoms with Gasteiger partial charge in [-0.15, -0.1) is 0 Å². The summed E-state index contributed by atoms with van der Waals surface area (Å²) < 4.78 is 81.4. The first-order valence-electron chi connectivity index (χ1n) is 16.8. The zero-order valence-corrected chi connectivity index (χ0v) is 33.3. The van der Waals surface area contributed by atoms with E-state index in [1.54, 1.807) is 0 Å². The lowest BCUT2D eigenvalue weighted by Crippen LogP contribution is -2.47. The number of nitrogens with one attached hydrogen (secondary N) is 2. The molecular weight excluding hydrogens is 865 g/mol. The summed E-state index contributed by atoms with van der Waals surface area (Å²) in [4.78, 5) is 85.5. The topological polar surface area (TPSA) is 439 Å². The summed E-state index contributed by atoms with van der Waals surface area (Å²) in [6, 6.07) is 0. The van der Waals surface area contributed by atoms with E-state index in [1.807, 2.05) is 0 Å². The van der Waals surface area contributed by atoms with Crippen LogP contribution in [-0.2, 0) is 64.6 Å². The monoisotopic (exact) mass is 902 g/mol. The van der Waals surface area contributed by atoms with E-state index in [-0.39, 0.29) is 34.2 Å². The fourth-order valence-corrected chi connectivity index (χ4v) is 8.38. The van der Waals surface area contributed by atoms with E-state index in [0.29, 0.717) is 0 Å². The minimum absolute atomic E-state index is 0.0139. The smallest absolute Gasteiger partial charge is 0.313 e. The molecule has 5 unspecified atom stereocenters. The van der Waals surface area contributed by atoms with E-state index < -0.39 is 116 Å². The normalized spacial score (nSPS) is 27.7. The fraction of sp³-hybridized carbons (Fsp3) is 0.615. The standard InChI is InChI=1S/C26H39N10O20P3/c1-33-8-35(19-13(33)21(40)31-25(27)29-19)23-17(39)15(37)11(54-23)6-52-58(45,46)50-4-10(56-57(42,43)44)5-51-59(47,48)53-7-12-16(38)18(49-3)24(55-12)36-9-34(2)14-20(36)30-26(28)32-22(14)41/h8-12,15-18,23-24,37-39H,4-7H2,1-3H3,(H8-2,27,28,29,30,31,32,40,41,42,43,44,45,46,47,48)/p-2/t10?,11-,12?,15-,16-,17-,18-,23?,24-/m1/s1. The maximum atomic E-state index is 12.7. The van der Waals surface area contributed by atoms with Gasteiger partial charge in [0.15, 0.2) is 12.7 Å². The van der Waals surface area contributed by atoms with Crippen LogP contribution in [0.3, 0.4) is 0 Å². The van der Waals surface area contributed by atoms with E-state index in [2.05, 4.69) is 33.5 Å². The van der Waals surface area contributed by atoms with Crippen molar-refractivity contribution in [2.24, 2.45) is 14.1 Å². The molecule has 11 atom stereocenters. The number of aromatic amines is 2. The SMILES string of the molecule is CO[C@@H]1[C@H](O)C(COP(=O)([O-])OCC(COP(=O)([O-])OC[C@H]2OC([n+]3cn(C)c4c(=O)[nH]c(N)nc43)[C@H](O)[C@@H]2O)OP(=O)([O-])[O-])O[C@H]1[n+]1cn(C)c2c(=O)[nH]c(N)nc21. The molecule has 2 aliphatic rings. The number of hydrogen-bond donors (Lipinski definition) is 7. The van der Waals surface area contributed by atoms with Crippen LogP contribution in [0.5, 0.6) is 0 Å². The minimum Gasteiger partial charge on any atom is -0.790 e. The molecule has 0 amide bonds. The molecule has 0 spiro atoms. The number of imidazole rings is 2. The van der Waals surface area contributed by atoms with E-state index in [1.165, 1.54) is 47.6 Å². The molecule has 2 fully saturated rings. The van der Waals surface area contributed by atoms with Crippen LogP contribution in [0, 0.1) is 0 Å². The van der Waals surface area contributed by atoms with Crippen LogP contribution in [0.4, 0.5) is 11.9 Å². The van der Waals surface area contributed by atoms with Gasteiger partial charge in [0.1, 0.15) is 42.7 Å². The molecule has 6 heterocycles. The lowest BCUT2D eigenvalue weighted by atomic mass is 10.1. The third kappa shape index (κ3) is 9.81. The number of aromatic nitrogens is 8. The molecule has 30 nitrogen and oxygen atoms in total. The number of hydrogen-bond acceptors (Lipinski definition) is 24. The van der Waals surface area contributed by atoms with Crippen molar-refractivity contribution >= 4 is 57.7 Å². The molecule has 0 aliphatic carbocycles.